The minimum atomic E-state index is -0.0403. The molecule has 0 spiro atoms. The van der Waals surface area contributed by atoms with E-state index in [9.17, 15) is 5.11 Å². The summed E-state index contributed by atoms with van der Waals surface area (Å²) in [6.07, 6.45) is 2.10. The second-order valence-corrected chi connectivity index (χ2v) is 5.80. The zero-order chi connectivity index (χ0) is 12.9. The first-order chi connectivity index (χ1) is 7.99. The maximum absolute atomic E-state index is 9.64. The number of hydrogen-bond acceptors (Lipinski definition) is 4. The Bertz CT molecular complexity index is 205. The molecule has 0 aromatic heterocycles. The summed E-state index contributed by atoms with van der Waals surface area (Å²) in [6, 6.07) is 0.619. The molecule has 0 amide bonds. The number of aliphatic hydroxyl groups is 1. The van der Waals surface area contributed by atoms with Crippen molar-refractivity contribution >= 4 is 0 Å². The number of piperidine rings is 1. The van der Waals surface area contributed by atoms with Crippen LogP contribution < -0.4 is 5.32 Å². The molecular weight excluding hydrogens is 214 g/mol. The second kappa shape index (κ2) is 6.69. The van der Waals surface area contributed by atoms with Crippen molar-refractivity contribution < 1.29 is 5.11 Å². The van der Waals surface area contributed by atoms with Crippen LogP contribution >= 0.6 is 0 Å². The number of nitrogens with one attached hydrogen (secondary N) is 1. The molecule has 0 radical (unpaired) electrons. The fourth-order valence-corrected chi connectivity index (χ4v) is 2.40. The number of rotatable bonds is 6. The van der Waals surface area contributed by atoms with Crippen LogP contribution in [0.5, 0.6) is 0 Å². The van der Waals surface area contributed by atoms with E-state index in [1.807, 2.05) is 0 Å². The first kappa shape index (κ1) is 14.9. The zero-order valence-corrected chi connectivity index (χ0v) is 11.9. The molecule has 4 heteroatoms. The number of likely N-dealkylation sites (tertiary alicyclic amines) is 1. The molecule has 102 valence electrons. The van der Waals surface area contributed by atoms with Crippen LogP contribution in [-0.2, 0) is 0 Å². The van der Waals surface area contributed by atoms with E-state index < -0.39 is 0 Å². The van der Waals surface area contributed by atoms with Crippen molar-refractivity contribution in [1.82, 2.24) is 15.1 Å². The highest BCUT2D eigenvalue weighted by molar-refractivity contribution is 4.93. The number of aliphatic hydroxyl groups excluding tert-OH is 1. The molecule has 1 saturated heterocycles. The average Bonchev–Trinajstić information content (AvgIpc) is 2.29. The highest BCUT2D eigenvalue weighted by Gasteiger charge is 2.33. The van der Waals surface area contributed by atoms with Crippen LogP contribution in [0.4, 0.5) is 0 Å². The van der Waals surface area contributed by atoms with Gasteiger partial charge in [0.2, 0.25) is 0 Å². The molecule has 1 fully saturated rings. The SMILES string of the molecule is CC(C)N1CCC(CO)(NCCN(C)C)CC1. The predicted molar refractivity (Wildman–Crippen MR) is 72.3 cm³/mol. The fourth-order valence-electron chi connectivity index (χ4n) is 2.40. The standard InChI is InChI=1S/C13H29N3O/c1-12(2)16-8-5-13(11-17,6-9-16)14-7-10-15(3)4/h12,14,17H,5-11H2,1-4H3. The van der Waals surface area contributed by atoms with Gasteiger partial charge in [0.05, 0.1) is 6.61 Å². The quantitative estimate of drug-likeness (QED) is 0.707. The molecule has 0 aliphatic carbocycles. The number of likely N-dealkylation sites (N-methyl/N-ethyl adjacent to an activating group) is 1. The lowest BCUT2D eigenvalue weighted by molar-refractivity contribution is 0.0644. The Labute approximate surface area is 106 Å². The van der Waals surface area contributed by atoms with E-state index in [0.717, 1.165) is 39.0 Å². The molecule has 0 bridgehead atoms. The molecule has 4 nitrogen and oxygen atoms in total. The van der Waals surface area contributed by atoms with Gasteiger partial charge in [0.1, 0.15) is 0 Å². The average molecular weight is 243 g/mol. The summed E-state index contributed by atoms with van der Waals surface area (Å²) in [4.78, 5) is 4.66. The Morgan fingerprint density at radius 3 is 2.29 bits per heavy atom. The Hall–Kier alpha value is -0.160. The Morgan fingerprint density at radius 1 is 1.29 bits per heavy atom. The Morgan fingerprint density at radius 2 is 1.88 bits per heavy atom. The summed E-state index contributed by atoms with van der Waals surface area (Å²) in [6.45, 7) is 8.90. The van der Waals surface area contributed by atoms with Gasteiger partial charge in [-0.3, -0.25) is 0 Å². The van der Waals surface area contributed by atoms with Crippen LogP contribution in [0.1, 0.15) is 26.7 Å². The van der Waals surface area contributed by atoms with Crippen LogP contribution in [0.15, 0.2) is 0 Å². The first-order valence-electron chi connectivity index (χ1n) is 6.74. The molecule has 0 aromatic rings. The maximum atomic E-state index is 9.64. The lowest BCUT2D eigenvalue weighted by Crippen LogP contribution is -2.57. The van der Waals surface area contributed by atoms with Crippen LogP contribution in [0, 0.1) is 0 Å². The molecule has 0 atom stereocenters. The van der Waals surface area contributed by atoms with Crippen molar-refractivity contribution in [2.75, 3.05) is 46.9 Å². The molecule has 1 aliphatic heterocycles. The first-order valence-corrected chi connectivity index (χ1v) is 6.74. The monoisotopic (exact) mass is 243 g/mol. The van der Waals surface area contributed by atoms with Gasteiger partial charge in [0, 0.05) is 37.8 Å². The summed E-state index contributed by atoms with van der Waals surface area (Å²) >= 11 is 0. The molecule has 1 rings (SSSR count). The largest absolute Gasteiger partial charge is 0.394 e. The molecular formula is C13H29N3O. The van der Waals surface area contributed by atoms with E-state index in [0.29, 0.717) is 6.04 Å². The number of hydrogen-bond donors (Lipinski definition) is 2. The minimum absolute atomic E-state index is 0.0403. The molecule has 1 heterocycles. The van der Waals surface area contributed by atoms with Crippen molar-refractivity contribution in [2.45, 2.75) is 38.3 Å². The molecule has 1 aliphatic rings. The van der Waals surface area contributed by atoms with Crippen LogP contribution in [0.3, 0.4) is 0 Å². The molecule has 0 saturated carbocycles. The summed E-state index contributed by atoms with van der Waals surface area (Å²) in [7, 11) is 4.16. The van der Waals surface area contributed by atoms with Crippen molar-refractivity contribution in [3.63, 3.8) is 0 Å². The minimum Gasteiger partial charge on any atom is -0.394 e. The van der Waals surface area contributed by atoms with Crippen LogP contribution in [0.25, 0.3) is 0 Å². The third-order valence-corrected chi connectivity index (χ3v) is 3.85. The normalized spacial score (nSPS) is 21.4. The zero-order valence-electron chi connectivity index (χ0n) is 11.9. The molecule has 2 N–H and O–H groups in total. The number of nitrogens with zero attached hydrogens (tertiary/aromatic N) is 2. The van der Waals surface area contributed by atoms with Gasteiger partial charge >= 0.3 is 0 Å². The van der Waals surface area contributed by atoms with E-state index in [1.165, 1.54) is 0 Å². The van der Waals surface area contributed by atoms with Gasteiger partial charge in [0.25, 0.3) is 0 Å². The third kappa shape index (κ3) is 4.54. The van der Waals surface area contributed by atoms with Gasteiger partial charge in [-0.25, -0.2) is 0 Å². The molecule has 0 unspecified atom stereocenters. The van der Waals surface area contributed by atoms with Gasteiger partial charge in [-0.05, 0) is 40.8 Å². The van der Waals surface area contributed by atoms with Crippen molar-refractivity contribution in [3.05, 3.63) is 0 Å². The summed E-state index contributed by atoms with van der Waals surface area (Å²) in [5.41, 5.74) is -0.0403. The van der Waals surface area contributed by atoms with Crippen molar-refractivity contribution in [3.8, 4) is 0 Å². The highest BCUT2D eigenvalue weighted by atomic mass is 16.3. The van der Waals surface area contributed by atoms with Crippen molar-refractivity contribution in [1.29, 1.82) is 0 Å². The van der Waals surface area contributed by atoms with E-state index in [4.69, 9.17) is 0 Å². The van der Waals surface area contributed by atoms with Crippen LogP contribution in [-0.4, -0.2) is 73.4 Å². The fraction of sp³-hybridized carbons (Fsp3) is 1.00. The van der Waals surface area contributed by atoms with Crippen LogP contribution in [0.2, 0.25) is 0 Å². The lowest BCUT2D eigenvalue weighted by atomic mass is 9.87. The second-order valence-electron chi connectivity index (χ2n) is 5.80. The Kier molecular flexibility index (Phi) is 5.86. The predicted octanol–water partition coefficient (Wildman–Crippen LogP) is 0.373. The smallest absolute Gasteiger partial charge is 0.0614 e. The van der Waals surface area contributed by atoms with E-state index in [-0.39, 0.29) is 12.1 Å². The van der Waals surface area contributed by atoms with Gasteiger partial charge in [-0.15, -0.1) is 0 Å². The van der Waals surface area contributed by atoms with Crippen molar-refractivity contribution in [2.24, 2.45) is 0 Å². The maximum Gasteiger partial charge on any atom is 0.0614 e. The lowest BCUT2D eigenvalue weighted by Gasteiger charge is -2.43. The summed E-state index contributed by atoms with van der Waals surface area (Å²) in [5.74, 6) is 0. The molecule has 0 aromatic carbocycles. The van der Waals surface area contributed by atoms with E-state index >= 15 is 0 Å². The third-order valence-electron chi connectivity index (χ3n) is 3.85. The van der Waals surface area contributed by atoms with E-state index in [2.05, 4.69) is 43.1 Å². The van der Waals surface area contributed by atoms with Gasteiger partial charge in [-0.1, -0.05) is 0 Å². The Balaban J connectivity index is 2.38. The topological polar surface area (TPSA) is 38.7 Å². The van der Waals surface area contributed by atoms with Gasteiger partial charge in [-0.2, -0.15) is 0 Å². The summed E-state index contributed by atoms with van der Waals surface area (Å²) in [5, 5.41) is 13.2. The summed E-state index contributed by atoms with van der Waals surface area (Å²) < 4.78 is 0. The van der Waals surface area contributed by atoms with Gasteiger partial charge in [0.15, 0.2) is 0 Å². The molecule has 17 heavy (non-hydrogen) atoms. The van der Waals surface area contributed by atoms with E-state index in [1.54, 1.807) is 0 Å². The van der Waals surface area contributed by atoms with Gasteiger partial charge < -0.3 is 20.2 Å². The highest BCUT2D eigenvalue weighted by Crippen LogP contribution is 2.22.